The fourth-order valence-electron chi connectivity index (χ4n) is 1.88. The minimum atomic E-state index is 0.811. The fourth-order valence-corrected chi connectivity index (χ4v) is 2.06. The predicted octanol–water partition coefficient (Wildman–Crippen LogP) is 2.11. The normalized spacial score (nSPS) is 13.9. The second kappa shape index (κ2) is 4.05. The van der Waals surface area contributed by atoms with Crippen molar-refractivity contribution in [1.29, 1.82) is 0 Å². The van der Waals surface area contributed by atoms with Crippen LogP contribution in [-0.4, -0.2) is 0 Å². The largest absolute Gasteiger partial charge is 0.175 e. The molecule has 0 unspecified atom stereocenters. The highest BCUT2D eigenvalue weighted by Gasteiger charge is 2.00. The van der Waals surface area contributed by atoms with Crippen molar-refractivity contribution < 1.29 is 0 Å². The third kappa shape index (κ3) is 1.64. The highest BCUT2D eigenvalue weighted by Crippen LogP contribution is 2.05. The van der Waals surface area contributed by atoms with Gasteiger partial charge >= 0.3 is 0 Å². The van der Waals surface area contributed by atoms with E-state index in [0.717, 1.165) is 12.2 Å². The number of allylic oxidation sites excluding steroid dienone is 1. The molecule has 0 atom stereocenters. The first-order valence-electron chi connectivity index (χ1n) is 4.92. The van der Waals surface area contributed by atoms with Crippen LogP contribution in [0.2, 0.25) is 0 Å². The van der Waals surface area contributed by atoms with Crippen molar-refractivity contribution in [2.24, 2.45) is 0 Å². The van der Waals surface area contributed by atoms with Gasteiger partial charge < -0.3 is 0 Å². The Morgan fingerprint density at radius 3 is 2.93 bits per heavy atom. The lowest BCUT2D eigenvalue weighted by Crippen LogP contribution is -2.24. The number of thiol groups is 1. The first kappa shape index (κ1) is 9.60. The molecule has 0 nitrogen and oxygen atoms in total. The van der Waals surface area contributed by atoms with Gasteiger partial charge in [0.05, 0.1) is 0 Å². The Morgan fingerprint density at radius 2 is 2.21 bits per heavy atom. The highest BCUT2D eigenvalue weighted by atomic mass is 32.1. The van der Waals surface area contributed by atoms with Gasteiger partial charge in [-0.25, -0.2) is 0 Å². The zero-order valence-corrected chi connectivity index (χ0v) is 9.22. The maximum Gasteiger partial charge on any atom is 0.0154 e. The molecule has 72 valence electrons. The van der Waals surface area contributed by atoms with Crippen molar-refractivity contribution in [1.82, 2.24) is 0 Å². The van der Waals surface area contributed by atoms with E-state index in [2.05, 4.69) is 56.0 Å². The maximum atomic E-state index is 4.32. The Balaban J connectivity index is 2.71. The van der Waals surface area contributed by atoms with Gasteiger partial charge in [0.15, 0.2) is 0 Å². The summed E-state index contributed by atoms with van der Waals surface area (Å²) in [5.41, 5.74) is 2.62. The summed E-state index contributed by atoms with van der Waals surface area (Å²) in [5.74, 6) is 0.811. The van der Waals surface area contributed by atoms with Crippen molar-refractivity contribution in [2.75, 3.05) is 0 Å². The smallest absolute Gasteiger partial charge is 0.0154 e. The lowest BCUT2D eigenvalue weighted by Gasteiger charge is -2.00. The van der Waals surface area contributed by atoms with Crippen LogP contribution >= 0.6 is 12.6 Å². The summed E-state index contributed by atoms with van der Waals surface area (Å²) in [6.45, 7) is 2.05. The summed E-state index contributed by atoms with van der Waals surface area (Å²) in [4.78, 5) is 0. The number of hydrogen-bond donors (Lipinski definition) is 1. The second-order valence-electron chi connectivity index (χ2n) is 3.49. The number of hydrogen-bond acceptors (Lipinski definition) is 1. The van der Waals surface area contributed by atoms with Crippen LogP contribution in [0, 0.1) is 0 Å². The zero-order chi connectivity index (χ0) is 9.97. The van der Waals surface area contributed by atoms with E-state index in [0.29, 0.717) is 0 Å². The third-order valence-corrected chi connectivity index (χ3v) is 2.86. The average molecular weight is 202 g/mol. The molecule has 1 heteroatoms. The molecule has 0 aliphatic heterocycles. The number of fused-ring (bicyclic) bond motifs is 1. The molecule has 0 radical (unpaired) electrons. The van der Waals surface area contributed by atoms with Crippen molar-refractivity contribution in [3.05, 3.63) is 39.8 Å². The van der Waals surface area contributed by atoms with E-state index >= 15 is 0 Å². The molecule has 0 saturated heterocycles. The van der Waals surface area contributed by atoms with Crippen molar-refractivity contribution >= 4 is 30.9 Å². The van der Waals surface area contributed by atoms with Crippen LogP contribution in [0.1, 0.15) is 24.5 Å². The van der Waals surface area contributed by atoms with E-state index < -0.39 is 0 Å². The SMILES string of the molecule is C/C=C\c1cc(CS)cc2c1=CCC=2. The molecule has 2 rings (SSSR count). The summed E-state index contributed by atoms with van der Waals surface area (Å²) in [7, 11) is 0. The number of rotatable bonds is 2. The molecule has 0 saturated carbocycles. The van der Waals surface area contributed by atoms with Crippen LogP contribution in [-0.2, 0) is 5.75 Å². The topological polar surface area (TPSA) is 0 Å². The first-order chi connectivity index (χ1) is 6.85. The van der Waals surface area contributed by atoms with Crippen LogP contribution < -0.4 is 10.4 Å². The summed E-state index contributed by atoms with van der Waals surface area (Å²) in [5, 5.41) is 2.75. The van der Waals surface area contributed by atoms with Crippen LogP contribution in [0.15, 0.2) is 18.2 Å². The molecule has 0 heterocycles. The van der Waals surface area contributed by atoms with E-state index in [9.17, 15) is 0 Å². The Morgan fingerprint density at radius 1 is 1.36 bits per heavy atom. The van der Waals surface area contributed by atoms with Crippen LogP contribution in [0.5, 0.6) is 0 Å². The molecule has 1 aliphatic carbocycles. The fraction of sp³-hybridized carbons (Fsp3) is 0.231. The van der Waals surface area contributed by atoms with E-state index in [1.165, 1.54) is 21.6 Å². The molecular formula is C13H14S. The standard InChI is InChI=1S/C13H14S/c1-2-4-11-7-10(9-14)8-12-5-3-6-13(11)12/h2,4-8,14H,3,9H2,1H3/b4-2-. The molecule has 0 spiro atoms. The van der Waals surface area contributed by atoms with Gasteiger partial charge in [0.25, 0.3) is 0 Å². The summed E-state index contributed by atoms with van der Waals surface area (Å²) < 4.78 is 0. The highest BCUT2D eigenvalue weighted by molar-refractivity contribution is 7.79. The first-order valence-corrected chi connectivity index (χ1v) is 5.55. The van der Waals surface area contributed by atoms with Crippen LogP contribution in [0.25, 0.3) is 18.2 Å². The van der Waals surface area contributed by atoms with Crippen molar-refractivity contribution in [2.45, 2.75) is 19.1 Å². The third-order valence-electron chi connectivity index (χ3n) is 2.49. The van der Waals surface area contributed by atoms with Crippen LogP contribution in [0.4, 0.5) is 0 Å². The number of benzene rings is 1. The Hall–Kier alpha value is -0.950. The minimum Gasteiger partial charge on any atom is -0.175 e. The predicted molar refractivity (Wildman–Crippen MR) is 66.6 cm³/mol. The van der Waals surface area contributed by atoms with Gasteiger partial charge in [-0.3, -0.25) is 0 Å². The summed E-state index contributed by atoms with van der Waals surface area (Å²) in [6, 6.07) is 4.46. The van der Waals surface area contributed by atoms with Gasteiger partial charge in [0.2, 0.25) is 0 Å². The molecule has 14 heavy (non-hydrogen) atoms. The van der Waals surface area contributed by atoms with Gasteiger partial charge in [-0.1, -0.05) is 36.4 Å². The molecule has 0 aromatic heterocycles. The molecule has 0 fully saturated rings. The molecular weight excluding hydrogens is 188 g/mol. The second-order valence-corrected chi connectivity index (χ2v) is 3.81. The van der Waals surface area contributed by atoms with Gasteiger partial charge in [-0.05, 0) is 34.9 Å². The van der Waals surface area contributed by atoms with Gasteiger partial charge in [0.1, 0.15) is 0 Å². The van der Waals surface area contributed by atoms with E-state index in [1.54, 1.807) is 0 Å². The monoisotopic (exact) mass is 202 g/mol. The van der Waals surface area contributed by atoms with Crippen LogP contribution in [0.3, 0.4) is 0 Å². The Labute approximate surface area is 90.1 Å². The van der Waals surface area contributed by atoms with E-state index in [-0.39, 0.29) is 0 Å². The molecule has 1 aromatic carbocycles. The molecule has 1 aliphatic rings. The average Bonchev–Trinajstić information content (AvgIpc) is 2.66. The lowest BCUT2D eigenvalue weighted by molar-refractivity contribution is 1.36. The quantitative estimate of drug-likeness (QED) is 0.698. The molecule has 0 bridgehead atoms. The molecule has 1 aromatic rings. The molecule has 0 N–H and O–H groups in total. The van der Waals surface area contributed by atoms with Gasteiger partial charge in [0, 0.05) is 5.75 Å². The Bertz CT molecular complexity index is 481. The lowest BCUT2D eigenvalue weighted by atomic mass is 10.1. The summed E-state index contributed by atoms with van der Waals surface area (Å²) >= 11 is 4.32. The Kier molecular flexibility index (Phi) is 2.78. The van der Waals surface area contributed by atoms with Gasteiger partial charge in [-0.2, -0.15) is 12.6 Å². The molecule has 0 amide bonds. The minimum absolute atomic E-state index is 0.811. The van der Waals surface area contributed by atoms with E-state index in [4.69, 9.17) is 0 Å². The van der Waals surface area contributed by atoms with Crippen molar-refractivity contribution in [3.8, 4) is 0 Å². The zero-order valence-electron chi connectivity index (χ0n) is 8.33. The summed E-state index contributed by atoms with van der Waals surface area (Å²) in [6.07, 6.45) is 9.88. The van der Waals surface area contributed by atoms with Gasteiger partial charge in [-0.15, -0.1) is 0 Å². The van der Waals surface area contributed by atoms with Crippen molar-refractivity contribution in [3.63, 3.8) is 0 Å². The maximum absolute atomic E-state index is 4.32. The van der Waals surface area contributed by atoms with E-state index in [1.807, 2.05) is 0 Å².